The first-order chi connectivity index (χ1) is 14.6. The van der Waals surface area contributed by atoms with Gasteiger partial charge in [-0.15, -0.1) is 16.9 Å². The molecule has 0 bridgehead atoms. The molecule has 3 rings (SSSR count). The summed E-state index contributed by atoms with van der Waals surface area (Å²) < 4.78 is 31.2. The summed E-state index contributed by atoms with van der Waals surface area (Å²) in [5.41, 5.74) is 0.834. The number of aliphatic carboxylic acids is 2. The van der Waals surface area contributed by atoms with Gasteiger partial charge in [0.15, 0.2) is 0 Å². The number of carbonyl (C=O) groups is 2. The molecule has 0 saturated carbocycles. The zero-order chi connectivity index (χ0) is 22.6. The molecule has 0 aromatic heterocycles. The van der Waals surface area contributed by atoms with Crippen molar-refractivity contribution in [3.63, 3.8) is 0 Å². The number of carboxylic acids is 2. The molecule has 0 fully saturated rings. The number of benzene rings is 3. The fraction of sp³-hybridized carbons (Fsp3) is 0.100. The van der Waals surface area contributed by atoms with Crippen LogP contribution in [0, 0.1) is 0 Å². The van der Waals surface area contributed by atoms with Crippen LogP contribution in [0.3, 0.4) is 0 Å². The largest absolute Gasteiger partial charge is 1.00 e. The van der Waals surface area contributed by atoms with Gasteiger partial charge in [0.2, 0.25) is 0 Å². The first-order valence-electron chi connectivity index (χ1n) is 8.75. The molecule has 0 aliphatic rings. The van der Waals surface area contributed by atoms with Gasteiger partial charge in [-0.05, 0) is 41.8 Å². The molecular weight excluding hydrogens is 467 g/mol. The summed E-state index contributed by atoms with van der Waals surface area (Å²) >= 11 is 0.908. The number of fused-ring (bicyclic) bond motifs is 1. The summed E-state index contributed by atoms with van der Waals surface area (Å²) in [6, 6.07) is 15.5. The Morgan fingerprint density at radius 2 is 1.59 bits per heavy atom. The Balaban J connectivity index is 0.00000363. The first-order valence-corrected chi connectivity index (χ1v) is 11.1. The number of thioether (sulfide) groups is 1. The number of azo groups is 1. The van der Waals surface area contributed by atoms with Gasteiger partial charge in [0.1, 0.15) is 5.25 Å². The van der Waals surface area contributed by atoms with Crippen molar-refractivity contribution in [1.29, 1.82) is 0 Å². The van der Waals surface area contributed by atoms with E-state index in [1.54, 1.807) is 36.4 Å². The van der Waals surface area contributed by atoms with Gasteiger partial charge in [-0.25, -0.2) is 0 Å². The quantitative estimate of drug-likeness (QED) is 0.199. The fourth-order valence-corrected chi connectivity index (χ4v) is 4.28. The van der Waals surface area contributed by atoms with Crippen LogP contribution in [0.15, 0.2) is 80.7 Å². The Hall–Kier alpha value is -2.28. The summed E-state index contributed by atoms with van der Waals surface area (Å²) in [5, 5.41) is 28.5. The van der Waals surface area contributed by atoms with Crippen molar-refractivity contribution in [3.8, 4) is 0 Å². The van der Waals surface area contributed by atoms with Crippen LogP contribution in [0.2, 0.25) is 0 Å². The van der Waals surface area contributed by atoms with Gasteiger partial charge in [0.25, 0.3) is 10.1 Å². The Morgan fingerprint density at radius 1 is 0.969 bits per heavy atom. The summed E-state index contributed by atoms with van der Waals surface area (Å²) in [6.07, 6.45) is -0.630. The number of rotatable bonds is 8. The van der Waals surface area contributed by atoms with Crippen molar-refractivity contribution in [2.24, 2.45) is 10.2 Å². The zero-order valence-electron chi connectivity index (χ0n) is 16.7. The molecule has 3 aromatic carbocycles. The van der Waals surface area contributed by atoms with Gasteiger partial charge in [0, 0.05) is 22.7 Å². The van der Waals surface area contributed by atoms with Gasteiger partial charge in [-0.1, -0.05) is 24.3 Å². The maximum absolute atomic E-state index is 11.4. The van der Waals surface area contributed by atoms with Gasteiger partial charge < -0.3 is 15.0 Å². The van der Waals surface area contributed by atoms with E-state index in [9.17, 15) is 28.2 Å². The summed E-state index contributed by atoms with van der Waals surface area (Å²) in [4.78, 5) is 22.6. The maximum atomic E-state index is 11.4. The van der Waals surface area contributed by atoms with Gasteiger partial charge >= 0.3 is 35.5 Å². The number of carbonyl (C=O) groups excluding carboxylic acids is 1. The molecule has 160 valence electrons. The van der Waals surface area contributed by atoms with E-state index in [1.807, 2.05) is 0 Å². The topological polar surface area (TPSA) is 157 Å². The fourth-order valence-electron chi connectivity index (χ4n) is 2.73. The van der Waals surface area contributed by atoms with Crippen molar-refractivity contribution in [1.82, 2.24) is 0 Å². The summed E-state index contributed by atoms with van der Waals surface area (Å²) in [6.45, 7) is 0. The van der Waals surface area contributed by atoms with Crippen molar-refractivity contribution in [2.75, 3.05) is 0 Å². The van der Waals surface area contributed by atoms with Crippen LogP contribution in [0.5, 0.6) is 0 Å². The minimum absolute atomic E-state index is 0. The number of nitrogens with zero attached hydrogens (tertiary/aromatic N) is 2. The molecule has 12 heteroatoms. The molecule has 0 amide bonds. The third-order valence-corrected chi connectivity index (χ3v) is 6.30. The molecule has 2 N–H and O–H groups in total. The molecule has 9 nitrogen and oxygen atoms in total. The predicted octanol–water partition coefficient (Wildman–Crippen LogP) is 0.191. The van der Waals surface area contributed by atoms with E-state index in [-0.39, 0.29) is 34.5 Å². The zero-order valence-corrected chi connectivity index (χ0v) is 20.3. The summed E-state index contributed by atoms with van der Waals surface area (Å²) in [7, 11) is -4.30. The van der Waals surface area contributed by atoms with Crippen molar-refractivity contribution < 1.29 is 62.3 Å². The molecule has 0 saturated heterocycles. The van der Waals surface area contributed by atoms with Gasteiger partial charge in [0.05, 0.1) is 16.3 Å². The standard InChI is InChI=1S/C20H16N2O7S2.Na/c23-19(24)11-18(20(25)26)30-17-10-9-16(14-3-1-2-4-15(14)17)22-21-12-5-7-13(8-6-12)31(27,28)29;/h1-10,18H,11H2,(H,23,24)(H,25,26)(H,27,28,29);/q;+1/p-1. The second-order valence-electron chi connectivity index (χ2n) is 6.32. The van der Waals surface area contributed by atoms with E-state index in [2.05, 4.69) is 10.2 Å². The Morgan fingerprint density at radius 3 is 2.16 bits per heavy atom. The van der Waals surface area contributed by atoms with Gasteiger partial charge in [-0.2, -0.15) is 13.5 Å². The van der Waals surface area contributed by atoms with E-state index in [4.69, 9.17) is 4.55 Å². The van der Waals surface area contributed by atoms with E-state index in [0.717, 1.165) is 11.8 Å². The number of hydrogen-bond acceptors (Lipinski definition) is 8. The minimum atomic E-state index is -4.30. The minimum Gasteiger partial charge on any atom is -0.550 e. The third kappa shape index (κ3) is 6.61. The first kappa shape index (κ1) is 26.0. The second-order valence-corrected chi connectivity index (χ2v) is 8.98. The summed E-state index contributed by atoms with van der Waals surface area (Å²) in [5.74, 6) is -2.70. The molecule has 0 aliphatic heterocycles. The molecular formula is C20H15N2NaO7S2. The van der Waals surface area contributed by atoms with Crippen LogP contribution in [0.4, 0.5) is 11.4 Å². The monoisotopic (exact) mass is 482 g/mol. The van der Waals surface area contributed by atoms with E-state index in [0.29, 0.717) is 27.0 Å². The molecule has 0 spiro atoms. The van der Waals surface area contributed by atoms with Crippen LogP contribution in [0.25, 0.3) is 10.8 Å². The smallest absolute Gasteiger partial charge is 0.550 e. The normalized spacial score (nSPS) is 12.4. The SMILES string of the molecule is O=C([O-])CC(Sc1ccc(N=Nc2ccc(S(=O)(=O)O)cc2)c2ccccc12)C(=O)O.[Na+]. The molecule has 1 atom stereocenters. The van der Waals surface area contributed by atoms with Crippen molar-refractivity contribution >= 4 is 56.0 Å². The van der Waals surface area contributed by atoms with Crippen LogP contribution in [-0.2, 0) is 19.7 Å². The van der Waals surface area contributed by atoms with Crippen molar-refractivity contribution in [2.45, 2.75) is 21.5 Å². The second kappa shape index (κ2) is 11.0. The van der Waals surface area contributed by atoms with Crippen LogP contribution >= 0.6 is 11.8 Å². The average molecular weight is 482 g/mol. The molecule has 0 heterocycles. The Labute approximate surface area is 209 Å². The number of hydrogen-bond donors (Lipinski definition) is 2. The van der Waals surface area contributed by atoms with Crippen LogP contribution < -0.4 is 34.7 Å². The molecule has 1 unspecified atom stereocenters. The third-order valence-electron chi connectivity index (χ3n) is 4.17. The molecule has 0 radical (unpaired) electrons. The molecule has 3 aromatic rings. The Kier molecular flexibility index (Phi) is 8.96. The maximum Gasteiger partial charge on any atom is 1.00 e. The predicted molar refractivity (Wildman–Crippen MR) is 111 cm³/mol. The van der Waals surface area contributed by atoms with Crippen molar-refractivity contribution in [3.05, 3.63) is 60.7 Å². The van der Waals surface area contributed by atoms with Crippen LogP contribution in [-0.4, -0.2) is 35.3 Å². The van der Waals surface area contributed by atoms with E-state index >= 15 is 0 Å². The number of carboxylic acid groups (broad SMARTS) is 2. The van der Waals surface area contributed by atoms with E-state index in [1.165, 1.54) is 24.3 Å². The molecule has 0 aliphatic carbocycles. The van der Waals surface area contributed by atoms with Gasteiger partial charge in [-0.3, -0.25) is 9.35 Å². The Bertz CT molecular complexity index is 1280. The van der Waals surface area contributed by atoms with Crippen LogP contribution in [0.1, 0.15) is 6.42 Å². The van der Waals surface area contributed by atoms with E-state index < -0.39 is 33.7 Å². The molecule has 32 heavy (non-hydrogen) atoms. The average Bonchev–Trinajstić information content (AvgIpc) is 2.72.